The fraction of sp³-hybridized carbons (Fsp3) is 0.500. The molecule has 0 amide bonds. The van der Waals surface area contributed by atoms with Crippen molar-refractivity contribution in [3.63, 3.8) is 0 Å². The molecule has 2 atom stereocenters. The number of hydrogen-bond acceptors (Lipinski definition) is 2. The summed E-state index contributed by atoms with van der Waals surface area (Å²) in [4.78, 5) is 0.323. The SMILES string of the molecule is CC1CCN(S(=O)(=O)c2ccc(Br)cc2)CC1Cl. The van der Waals surface area contributed by atoms with Crippen molar-refractivity contribution < 1.29 is 8.42 Å². The zero-order valence-corrected chi connectivity index (χ0v) is 13.2. The fourth-order valence-electron chi connectivity index (χ4n) is 1.97. The third-order valence-electron chi connectivity index (χ3n) is 3.28. The number of sulfonamides is 1. The van der Waals surface area contributed by atoms with Gasteiger partial charge in [-0.1, -0.05) is 22.9 Å². The Morgan fingerprint density at radius 3 is 2.50 bits per heavy atom. The van der Waals surface area contributed by atoms with Gasteiger partial charge in [0, 0.05) is 22.9 Å². The van der Waals surface area contributed by atoms with E-state index >= 15 is 0 Å². The van der Waals surface area contributed by atoms with Crippen molar-refractivity contribution in [1.82, 2.24) is 4.31 Å². The molecule has 1 fully saturated rings. The molecule has 18 heavy (non-hydrogen) atoms. The standard InChI is InChI=1S/C12H15BrClNO2S/c1-9-6-7-15(8-12(9)14)18(16,17)11-4-2-10(13)3-5-11/h2-5,9,12H,6-8H2,1H3. The van der Waals surface area contributed by atoms with Crippen molar-refractivity contribution in [2.24, 2.45) is 5.92 Å². The Labute approximate surface area is 121 Å². The van der Waals surface area contributed by atoms with E-state index in [9.17, 15) is 8.42 Å². The van der Waals surface area contributed by atoms with Crippen LogP contribution in [-0.2, 0) is 10.0 Å². The maximum atomic E-state index is 12.4. The summed E-state index contributed by atoms with van der Waals surface area (Å²) in [7, 11) is -3.41. The second-order valence-corrected chi connectivity index (χ2v) is 8.01. The summed E-state index contributed by atoms with van der Waals surface area (Å²) in [5.74, 6) is 0.364. The Kier molecular flexibility index (Phi) is 4.36. The quantitative estimate of drug-likeness (QED) is 0.767. The number of alkyl halides is 1. The van der Waals surface area contributed by atoms with Gasteiger partial charge < -0.3 is 0 Å². The smallest absolute Gasteiger partial charge is 0.207 e. The lowest BCUT2D eigenvalue weighted by Gasteiger charge is -2.33. The third kappa shape index (κ3) is 2.90. The minimum absolute atomic E-state index is 0.107. The highest BCUT2D eigenvalue weighted by molar-refractivity contribution is 9.10. The maximum Gasteiger partial charge on any atom is 0.243 e. The molecule has 0 bridgehead atoms. The number of halogens is 2. The molecule has 1 aliphatic rings. The van der Waals surface area contributed by atoms with Gasteiger partial charge in [-0.3, -0.25) is 0 Å². The molecule has 0 radical (unpaired) electrons. The molecule has 1 aromatic carbocycles. The molecule has 0 saturated carbocycles. The Balaban J connectivity index is 2.24. The normalized spacial score (nSPS) is 26.2. The van der Waals surface area contributed by atoms with Gasteiger partial charge in [0.15, 0.2) is 0 Å². The molecule has 2 unspecified atom stereocenters. The lowest BCUT2D eigenvalue weighted by molar-refractivity contribution is 0.293. The van der Waals surface area contributed by atoms with Gasteiger partial charge in [-0.05, 0) is 36.6 Å². The number of benzene rings is 1. The molecule has 6 heteroatoms. The van der Waals surface area contributed by atoms with E-state index in [4.69, 9.17) is 11.6 Å². The number of piperidine rings is 1. The van der Waals surface area contributed by atoms with Crippen LogP contribution in [0, 0.1) is 5.92 Å². The van der Waals surface area contributed by atoms with Crippen molar-refractivity contribution in [3.8, 4) is 0 Å². The van der Waals surface area contributed by atoms with Crippen LogP contribution in [0.1, 0.15) is 13.3 Å². The van der Waals surface area contributed by atoms with Crippen LogP contribution in [-0.4, -0.2) is 31.2 Å². The van der Waals surface area contributed by atoms with Gasteiger partial charge in [0.05, 0.1) is 4.90 Å². The van der Waals surface area contributed by atoms with E-state index in [2.05, 4.69) is 22.9 Å². The summed E-state index contributed by atoms with van der Waals surface area (Å²) in [6.45, 7) is 2.99. The Morgan fingerprint density at radius 2 is 1.94 bits per heavy atom. The molecule has 1 saturated heterocycles. The molecule has 100 valence electrons. The average molecular weight is 353 g/mol. The molecule has 1 heterocycles. The van der Waals surface area contributed by atoms with Crippen molar-refractivity contribution >= 4 is 37.6 Å². The molecule has 3 nitrogen and oxygen atoms in total. The molecule has 0 aliphatic carbocycles. The predicted molar refractivity (Wildman–Crippen MR) is 76.3 cm³/mol. The van der Waals surface area contributed by atoms with Crippen LogP contribution in [0.2, 0.25) is 0 Å². The molecule has 0 spiro atoms. The third-order valence-corrected chi connectivity index (χ3v) is 6.26. The number of nitrogens with zero attached hydrogens (tertiary/aromatic N) is 1. The lowest BCUT2D eigenvalue weighted by atomic mass is 10.0. The first-order chi connectivity index (χ1) is 8.41. The molecular weight excluding hydrogens is 338 g/mol. The number of rotatable bonds is 2. The molecule has 1 aromatic rings. The topological polar surface area (TPSA) is 37.4 Å². The van der Waals surface area contributed by atoms with Crippen molar-refractivity contribution in [1.29, 1.82) is 0 Å². The van der Waals surface area contributed by atoms with Crippen LogP contribution < -0.4 is 0 Å². The summed E-state index contributed by atoms with van der Waals surface area (Å²) in [6.07, 6.45) is 0.809. The average Bonchev–Trinajstić information content (AvgIpc) is 2.33. The summed E-state index contributed by atoms with van der Waals surface area (Å²) in [5, 5.41) is -0.107. The zero-order chi connectivity index (χ0) is 13.3. The van der Waals surface area contributed by atoms with Crippen LogP contribution in [0.5, 0.6) is 0 Å². The molecule has 0 aromatic heterocycles. The second kappa shape index (κ2) is 5.49. The van der Waals surface area contributed by atoms with Gasteiger partial charge in [0.2, 0.25) is 10.0 Å². The van der Waals surface area contributed by atoms with Crippen LogP contribution in [0.25, 0.3) is 0 Å². The Bertz CT molecular complexity index is 517. The van der Waals surface area contributed by atoms with Gasteiger partial charge in [-0.25, -0.2) is 8.42 Å². The van der Waals surface area contributed by atoms with Crippen molar-refractivity contribution in [2.75, 3.05) is 13.1 Å². The van der Waals surface area contributed by atoms with Crippen LogP contribution in [0.4, 0.5) is 0 Å². The van der Waals surface area contributed by atoms with Gasteiger partial charge in [0.25, 0.3) is 0 Å². The van der Waals surface area contributed by atoms with Crippen molar-refractivity contribution in [2.45, 2.75) is 23.6 Å². The predicted octanol–water partition coefficient (Wildman–Crippen LogP) is 3.09. The Hall–Kier alpha value is -0.100. The van der Waals surface area contributed by atoms with E-state index in [1.54, 1.807) is 24.3 Å². The summed E-state index contributed by atoms with van der Waals surface area (Å²) in [6, 6.07) is 6.69. The van der Waals surface area contributed by atoms with Gasteiger partial charge in [0.1, 0.15) is 0 Å². The minimum atomic E-state index is -3.41. The second-order valence-electron chi connectivity index (χ2n) is 4.60. The monoisotopic (exact) mass is 351 g/mol. The number of hydrogen-bond donors (Lipinski definition) is 0. The van der Waals surface area contributed by atoms with E-state index < -0.39 is 10.0 Å². The van der Waals surface area contributed by atoms with E-state index in [-0.39, 0.29) is 5.38 Å². The largest absolute Gasteiger partial charge is 0.243 e. The molecule has 0 N–H and O–H groups in total. The van der Waals surface area contributed by atoms with Gasteiger partial charge >= 0.3 is 0 Å². The highest BCUT2D eigenvalue weighted by Gasteiger charge is 2.32. The van der Waals surface area contributed by atoms with Crippen LogP contribution >= 0.6 is 27.5 Å². The van der Waals surface area contributed by atoms with E-state index in [1.165, 1.54) is 4.31 Å². The molecule has 1 aliphatic heterocycles. The Morgan fingerprint density at radius 1 is 1.33 bits per heavy atom. The summed E-state index contributed by atoms with van der Waals surface area (Å²) < 4.78 is 27.2. The minimum Gasteiger partial charge on any atom is -0.207 e. The van der Waals surface area contributed by atoms with E-state index in [0.29, 0.717) is 23.9 Å². The van der Waals surface area contributed by atoms with Crippen LogP contribution in [0.15, 0.2) is 33.6 Å². The first-order valence-electron chi connectivity index (χ1n) is 5.81. The first-order valence-corrected chi connectivity index (χ1v) is 8.48. The van der Waals surface area contributed by atoms with Gasteiger partial charge in [-0.2, -0.15) is 4.31 Å². The zero-order valence-electron chi connectivity index (χ0n) is 10.0. The highest BCUT2D eigenvalue weighted by Crippen LogP contribution is 2.27. The van der Waals surface area contributed by atoms with Gasteiger partial charge in [-0.15, -0.1) is 11.6 Å². The summed E-state index contributed by atoms with van der Waals surface area (Å²) in [5.41, 5.74) is 0. The molecular formula is C12H15BrClNO2S. The first kappa shape index (κ1) is 14.3. The van der Waals surface area contributed by atoms with Crippen LogP contribution in [0.3, 0.4) is 0 Å². The summed E-state index contributed by atoms with van der Waals surface area (Å²) >= 11 is 9.46. The maximum absolute atomic E-state index is 12.4. The van der Waals surface area contributed by atoms with Crippen molar-refractivity contribution in [3.05, 3.63) is 28.7 Å². The fourth-order valence-corrected chi connectivity index (χ4v) is 4.09. The lowest BCUT2D eigenvalue weighted by Crippen LogP contribution is -2.43. The van der Waals surface area contributed by atoms with E-state index in [1.807, 2.05) is 0 Å². The molecule has 2 rings (SSSR count). The highest BCUT2D eigenvalue weighted by atomic mass is 79.9. The van der Waals surface area contributed by atoms with E-state index in [0.717, 1.165) is 10.9 Å².